The smallest absolute Gasteiger partial charge is 0.0302 e. The molecule has 3 rings (SSSR count). The minimum absolute atomic E-state index is 0.780. The SMILES string of the molecule is C/C=C(/CN(C)C1CC1)c1c(CC)cccc1C/C1=C/CC#CCCC#CC1. The van der Waals surface area contributed by atoms with E-state index in [0.29, 0.717) is 0 Å². The first kappa shape index (κ1) is 20.5. The summed E-state index contributed by atoms with van der Waals surface area (Å²) in [6.45, 7) is 5.50. The molecule has 0 atom stereocenters. The Morgan fingerprint density at radius 3 is 2.57 bits per heavy atom. The lowest BCUT2D eigenvalue weighted by molar-refractivity contribution is 0.365. The summed E-state index contributed by atoms with van der Waals surface area (Å²) in [5, 5.41) is 0. The Hall–Kier alpha value is -2.22. The van der Waals surface area contributed by atoms with Crippen molar-refractivity contribution in [2.24, 2.45) is 0 Å². The van der Waals surface area contributed by atoms with Gasteiger partial charge in [-0.1, -0.05) is 54.7 Å². The first-order valence-corrected chi connectivity index (χ1v) is 10.8. The summed E-state index contributed by atoms with van der Waals surface area (Å²) in [6, 6.07) is 7.62. The summed E-state index contributed by atoms with van der Waals surface area (Å²) < 4.78 is 0. The molecule has 0 unspecified atom stereocenters. The number of hydrogen-bond donors (Lipinski definition) is 0. The van der Waals surface area contributed by atoms with Gasteiger partial charge in [-0.25, -0.2) is 0 Å². The van der Waals surface area contributed by atoms with Gasteiger partial charge < -0.3 is 0 Å². The van der Waals surface area contributed by atoms with Crippen LogP contribution >= 0.6 is 0 Å². The van der Waals surface area contributed by atoms with E-state index in [1.54, 1.807) is 0 Å². The molecule has 0 heterocycles. The second kappa shape index (κ2) is 10.4. The van der Waals surface area contributed by atoms with E-state index >= 15 is 0 Å². The predicted molar refractivity (Wildman–Crippen MR) is 121 cm³/mol. The number of likely N-dealkylation sites (N-methyl/N-ethyl adjacent to an activating group) is 1. The fraction of sp³-hybridized carbons (Fsp3) is 0.481. The molecule has 1 fully saturated rings. The minimum atomic E-state index is 0.780. The van der Waals surface area contributed by atoms with Crippen LogP contribution in [0.5, 0.6) is 0 Å². The van der Waals surface area contributed by atoms with E-state index in [1.165, 1.54) is 40.7 Å². The average molecular weight is 372 g/mol. The fourth-order valence-corrected chi connectivity index (χ4v) is 3.93. The van der Waals surface area contributed by atoms with Crippen LogP contribution in [0.1, 0.15) is 69.1 Å². The molecule has 0 amide bonds. The summed E-state index contributed by atoms with van der Waals surface area (Å²) in [5.41, 5.74) is 7.24. The van der Waals surface area contributed by atoms with Gasteiger partial charge in [0.1, 0.15) is 0 Å². The van der Waals surface area contributed by atoms with Crippen LogP contribution in [0.25, 0.3) is 5.57 Å². The van der Waals surface area contributed by atoms with Crippen molar-refractivity contribution < 1.29 is 0 Å². The highest BCUT2D eigenvalue weighted by Gasteiger charge is 2.27. The molecule has 0 spiro atoms. The maximum atomic E-state index is 3.36. The molecule has 0 aliphatic heterocycles. The van der Waals surface area contributed by atoms with Crippen molar-refractivity contribution in [2.75, 3.05) is 13.6 Å². The van der Waals surface area contributed by atoms with Crippen molar-refractivity contribution in [3.63, 3.8) is 0 Å². The lowest BCUT2D eigenvalue weighted by atomic mass is 9.88. The Labute approximate surface area is 171 Å². The van der Waals surface area contributed by atoms with Crippen LogP contribution in [0.2, 0.25) is 0 Å². The Kier molecular flexibility index (Phi) is 7.59. The van der Waals surface area contributed by atoms with Gasteiger partial charge in [-0.3, -0.25) is 4.90 Å². The molecule has 0 radical (unpaired) electrons. The zero-order valence-electron chi connectivity index (χ0n) is 17.8. The number of rotatable bonds is 7. The van der Waals surface area contributed by atoms with Crippen LogP contribution in [0.15, 0.2) is 35.9 Å². The maximum Gasteiger partial charge on any atom is 0.0302 e. The van der Waals surface area contributed by atoms with Crippen molar-refractivity contribution in [2.45, 2.75) is 71.3 Å². The normalized spacial score (nSPS) is 19.1. The zero-order valence-corrected chi connectivity index (χ0v) is 17.8. The topological polar surface area (TPSA) is 3.24 Å². The van der Waals surface area contributed by atoms with E-state index in [-0.39, 0.29) is 0 Å². The molecule has 2 aliphatic carbocycles. The van der Waals surface area contributed by atoms with Gasteiger partial charge in [-0.05, 0) is 61.9 Å². The Bertz CT molecular complexity index is 859. The van der Waals surface area contributed by atoms with Crippen LogP contribution in [0, 0.1) is 23.7 Å². The van der Waals surface area contributed by atoms with Crippen LogP contribution in [0.3, 0.4) is 0 Å². The number of aryl methyl sites for hydroxylation is 1. The maximum absolute atomic E-state index is 3.36. The minimum Gasteiger partial charge on any atom is -0.299 e. The molecule has 28 heavy (non-hydrogen) atoms. The van der Waals surface area contributed by atoms with E-state index in [9.17, 15) is 0 Å². The van der Waals surface area contributed by atoms with Crippen LogP contribution in [-0.4, -0.2) is 24.5 Å². The highest BCUT2D eigenvalue weighted by atomic mass is 15.1. The highest BCUT2D eigenvalue weighted by Crippen LogP contribution is 2.31. The number of hydrogen-bond acceptors (Lipinski definition) is 1. The molecular weight excluding hydrogens is 338 g/mol. The van der Waals surface area contributed by atoms with Gasteiger partial charge in [0.25, 0.3) is 0 Å². The van der Waals surface area contributed by atoms with Crippen LogP contribution in [-0.2, 0) is 12.8 Å². The van der Waals surface area contributed by atoms with Crippen molar-refractivity contribution >= 4 is 5.57 Å². The quantitative estimate of drug-likeness (QED) is 0.433. The van der Waals surface area contributed by atoms with Crippen molar-refractivity contribution in [3.05, 3.63) is 52.6 Å². The molecule has 0 aromatic heterocycles. The molecular formula is C27H33N. The fourth-order valence-electron chi connectivity index (χ4n) is 3.93. The standard InChI is InChI=1S/C27H33N/c1-4-23-16-13-17-25(20-22-14-11-9-7-6-8-10-12-15-22)27(23)24(5-2)21-28(3)26-18-19-26/h5,13,15-17,26H,4,6-7,12,14,18-21H2,1-3H3/b22-15+,24-5-. The van der Waals surface area contributed by atoms with Crippen LogP contribution < -0.4 is 0 Å². The second-order valence-corrected chi connectivity index (χ2v) is 7.89. The number of allylic oxidation sites excluding steroid dienone is 3. The van der Waals surface area contributed by atoms with Crippen molar-refractivity contribution in [1.82, 2.24) is 4.90 Å². The Morgan fingerprint density at radius 1 is 1.11 bits per heavy atom. The molecule has 0 bridgehead atoms. The Morgan fingerprint density at radius 2 is 1.86 bits per heavy atom. The zero-order chi connectivity index (χ0) is 19.8. The number of benzene rings is 1. The third-order valence-corrected chi connectivity index (χ3v) is 5.73. The highest BCUT2D eigenvalue weighted by molar-refractivity contribution is 5.72. The first-order chi connectivity index (χ1) is 13.7. The van der Waals surface area contributed by atoms with E-state index in [4.69, 9.17) is 0 Å². The molecule has 1 saturated carbocycles. The van der Waals surface area contributed by atoms with Crippen molar-refractivity contribution in [3.8, 4) is 23.7 Å². The summed E-state index contributed by atoms with van der Waals surface area (Å²) >= 11 is 0. The van der Waals surface area contributed by atoms with E-state index in [0.717, 1.165) is 51.1 Å². The third kappa shape index (κ3) is 5.64. The van der Waals surface area contributed by atoms with Gasteiger partial charge >= 0.3 is 0 Å². The predicted octanol–water partition coefficient (Wildman–Crippen LogP) is 5.80. The molecule has 2 aliphatic rings. The third-order valence-electron chi connectivity index (χ3n) is 5.73. The monoisotopic (exact) mass is 371 g/mol. The summed E-state index contributed by atoms with van der Waals surface area (Å²) in [4.78, 5) is 2.52. The van der Waals surface area contributed by atoms with E-state index < -0.39 is 0 Å². The Balaban J connectivity index is 1.89. The molecule has 1 nitrogen and oxygen atoms in total. The lowest BCUT2D eigenvalue weighted by Crippen LogP contribution is -2.23. The van der Waals surface area contributed by atoms with Gasteiger partial charge in [0, 0.05) is 38.3 Å². The molecule has 1 heteroatoms. The summed E-state index contributed by atoms with van der Waals surface area (Å²) in [6.07, 6.45) is 12.9. The first-order valence-electron chi connectivity index (χ1n) is 10.8. The molecule has 146 valence electrons. The average Bonchev–Trinajstić information content (AvgIpc) is 3.56. The van der Waals surface area contributed by atoms with E-state index in [2.05, 4.69) is 79.8 Å². The summed E-state index contributed by atoms with van der Waals surface area (Å²) in [5.74, 6) is 13.1. The molecule has 0 saturated heterocycles. The van der Waals surface area contributed by atoms with Gasteiger partial charge in [0.2, 0.25) is 0 Å². The largest absolute Gasteiger partial charge is 0.299 e. The van der Waals surface area contributed by atoms with Gasteiger partial charge in [-0.15, -0.1) is 11.8 Å². The van der Waals surface area contributed by atoms with Gasteiger partial charge in [0.15, 0.2) is 0 Å². The molecule has 1 aromatic rings. The number of nitrogens with zero attached hydrogens (tertiary/aromatic N) is 1. The van der Waals surface area contributed by atoms with Crippen molar-refractivity contribution in [1.29, 1.82) is 0 Å². The van der Waals surface area contributed by atoms with Gasteiger partial charge in [-0.2, -0.15) is 0 Å². The lowest BCUT2D eigenvalue weighted by Gasteiger charge is -2.23. The molecule has 1 aromatic carbocycles. The second-order valence-electron chi connectivity index (χ2n) is 7.89. The van der Waals surface area contributed by atoms with Gasteiger partial charge in [0.05, 0.1) is 0 Å². The van der Waals surface area contributed by atoms with Crippen LogP contribution in [0.4, 0.5) is 0 Å². The molecule has 0 N–H and O–H groups in total. The van der Waals surface area contributed by atoms with E-state index in [1.807, 2.05) is 0 Å². The summed E-state index contributed by atoms with van der Waals surface area (Å²) in [7, 11) is 2.27.